The van der Waals surface area contributed by atoms with Gasteiger partial charge in [-0.25, -0.2) is 0 Å². The molecule has 0 aromatic heterocycles. The minimum atomic E-state index is -0.144. The molecule has 0 saturated heterocycles. The Hall–Kier alpha value is -0.610. The quantitative estimate of drug-likeness (QED) is 0.780. The summed E-state index contributed by atoms with van der Waals surface area (Å²) in [4.78, 5) is 0. The van der Waals surface area contributed by atoms with E-state index in [1.54, 1.807) is 7.11 Å². The number of nitrogens with two attached hydrogens (primary N) is 1. The molecule has 0 saturated carbocycles. The Morgan fingerprint density at radius 3 is 2.75 bits per heavy atom. The van der Waals surface area contributed by atoms with Gasteiger partial charge in [-0.1, -0.05) is 23.7 Å². The Bertz CT molecular complexity index is 331. The lowest BCUT2D eigenvalue weighted by Gasteiger charge is -2.13. The van der Waals surface area contributed by atoms with Crippen LogP contribution in [-0.4, -0.2) is 26.9 Å². The molecule has 0 aliphatic heterocycles. The maximum atomic E-state index is 6.03. The first-order chi connectivity index (χ1) is 7.65. The van der Waals surface area contributed by atoms with E-state index in [4.69, 9.17) is 26.8 Å². The zero-order valence-electron chi connectivity index (χ0n) is 9.70. The molecule has 0 amide bonds. The predicted molar refractivity (Wildman–Crippen MR) is 65.8 cm³/mol. The average molecular weight is 244 g/mol. The van der Waals surface area contributed by atoms with Crippen molar-refractivity contribution in [2.45, 2.75) is 13.0 Å². The Morgan fingerprint density at radius 1 is 1.38 bits per heavy atom. The van der Waals surface area contributed by atoms with E-state index < -0.39 is 0 Å². The average Bonchev–Trinajstić information content (AvgIpc) is 2.28. The monoisotopic (exact) mass is 243 g/mol. The minimum Gasteiger partial charge on any atom is -0.382 e. The molecule has 0 fully saturated rings. The summed E-state index contributed by atoms with van der Waals surface area (Å²) in [6.07, 6.45) is 0. The summed E-state index contributed by atoms with van der Waals surface area (Å²) in [7, 11) is 1.64. The van der Waals surface area contributed by atoms with Gasteiger partial charge in [0, 0.05) is 12.1 Å². The fourth-order valence-corrected chi connectivity index (χ4v) is 1.48. The normalized spacial score (nSPS) is 12.8. The predicted octanol–water partition coefficient (Wildman–Crippen LogP) is 2.31. The van der Waals surface area contributed by atoms with Crippen molar-refractivity contribution in [3.63, 3.8) is 0 Å². The van der Waals surface area contributed by atoms with Gasteiger partial charge in [-0.3, -0.25) is 0 Å². The summed E-state index contributed by atoms with van der Waals surface area (Å²) in [6, 6.07) is 5.69. The molecule has 0 bridgehead atoms. The molecule has 1 atom stereocenters. The largest absolute Gasteiger partial charge is 0.382 e. The van der Waals surface area contributed by atoms with Crippen LogP contribution in [0.2, 0.25) is 5.02 Å². The maximum absolute atomic E-state index is 6.03. The van der Waals surface area contributed by atoms with Crippen LogP contribution in [0, 0.1) is 6.92 Å². The topological polar surface area (TPSA) is 44.5 Å². The van der Waals surface area contributed by atoms with Gasteiger partial charge in [-0.2, -0.15) is 0 Å². The molecule has 1 rings (SSSR count). The summed E-state index contributed by atoms with van der Waals surface area (Å²) < 4.78 is 10.2. The summed E-state index contributed by atoms with van der Waals surface area (Å²) in [5.41, 5.74) is 8.02. The van der Waals surface area contributed by atoms with Gasteiger partial charge in [0.25, 0.3) is 0 Å². The number of aryl methyl sites for hydroxylation is 1. The molecule has 0 aliphatic carbocycles. The number of methoxy groups -OCH3 is 1. The highest BCUT2D eigenvalue weighted by Crippen LogP contribution is 2.20. The second-order valence-electron chi connectivity index (χ2n) is 3.68. The van der Waals surface area contributed by atoms with Crippen molar-refractivity contribution in [3.05, 3.63) is 34.3 Å². The summed E-state index contributed by atoms with van der Waals surface area (Å²) >= 11 is 6.03. The van der Waals surface area contributed by atoms with Gasteiger partial charge >= 0.3 is 0 Å². The van der Waals surface area contributed by atoms with Crippen molar-refractivity contribution in [3.8, 4) is 0 Å². The molecule has 1 unspecified atom stereocenters. The summed E-state index contributed by atoms with van der Waals surface area (Å²) in [6.45, 7) is 3.58. The van der Waals surface area contributed by atoms with Crippen LogP contribution in [0.1, 0.15) is 17.2 Å². The molecule has 4 heteroatoms. The van der Waals surface area contributed by atoms with E-state index in [2.05, 4.69) is 0 Å². The number of hydrogen-bond acceptors (Lipinski definition) is 3. The molecular weight excluding hydrogens is 226 g/mol. The number of rotatable bonds is 6. The van der Waals surface area contributed by atoms with Crippen molar-refractivity contribution < 1.29 is 9.47 Å². The highest BCUT2D eigenvalue weighted by atomic mass is 35.5. The van der Waals surface area contributed by atoms with Crippen molar-refractivity contribution in [2.75, 3.05) is 26.9 Å². The molecule has 1 aromatic carbocycles. The van der Waals surface area contributed by atoms with Gasteiger partial charge < -0.3 is 15.2 Å². The Morgan fingerprint density at radius 2 is 2.12 bits per heavy atom. The Kier molecular flexibility index (Phi) is 5.77. The van der Waals surface area contributed by atoms with Crippen LogP contribution in [0.5, 0.6) is 0 Å². The van der Waals surface area contributed by atoms with Crippen LogP contribution in [0.3, 0.4) is 0 Å². The lowest BCUT2D eigenvalue weighted by molar-refractivity contribution is 0.0636. The number of ether oxygens (including phenoxy) is 2. The fraction of sp³-hybridized carbons (Fsp3) is 0.500. The molecule has 16 heavy (non-hydrogen) atoms. The van der Waals surface area contributed by atoms with E-state index in [0.717, 1.165) is 16.1 Å². The van der Waals surface area contributed by atoms with Crippen molar-refractivity contribution in [2.24, 2.45) is 5.73 Å². The second-order valence-corrected chi connectivity index (χ2v) is 4.09. The summed E-state index contributed by atoms with van der Waals surface area (Å²) in [5, 5.41) is 0.741. The van der Waals surface area contributed by atoms with Gasteiger partial charge in [-0.05, 0) is 24.1 Å². The lowest BCUT2D eigenvalue weighted by atomic mass is 10.1. The van der Waals surface area contributed by atoms with E-state index in [1.807, 2.05) is 25.1 Å². The molecule has 0 spiro atoms. The van der Waals surface area contributed by atoms with E-state index in [0.29, 0.717) is 19.8 Å². The highest BCUT2D eigenvalue weighted by Gasteiger charge is 2.07. The SMILES string of the molecule is COCCOCC(N)c1ccc(C)c(Cl)c1. The molecule has 2 N–H and O–H groups in total. The van der Waals surface area contributed by atoms with Crippen LogP contribution >= 0.6 is 11.6 Å². The fourth-order valence-electron chi connectivity index (χ4n) is 1.29. The van der Waals surface area contributed by atoms with Gasteiger partial charge in [0.15, 0.2) is 0 Å². The molecular formula is C12H18ClNO2. The molecule has 0 aliphatic rings. The number of hydrogen-bond donors (Lipinski definition) is 1. The van der Waals surface area contributed by atoms with Gasteiger partial charge in [0.05, 0.1) is 25.9 Å². The van der Waals surface area contributed by atoms with Crippen molar-refractivity contribution in [1.29, 1.82) is 0 Å². The molecule has 1 aromatic rings. The summed E-state index contributed by atoms with van der Waals surface area (Å²) in [5.74, 6) is 0. The molecule has 0 heterocycles. The molecule has 3 nitrogen and oxygen atoms in total. The van der Waals surface area contributed by atoms with Gasteiger partial charge in [0.1, 0.15) is 0 Å². The zero-order valence-corrected chi connectivity index (χ0v) is 10.5. The first-order valence-corrected chi connectivity index (χ1v) is 5.61. The molecule has 0 radical (unpaired) electrons. The first-order valence-electron chi connectivity index (χ1n) is 5.23. The van der Waals surface area contributed by atoms with Gasteiger partial charge in [-0.15, -0.1) is 0 Å². The van der Waals surface area contributed by atoms with Crippen LogP contribution in [0.25, 0.3) is 0 Å². The van der Waals surface area contributed by atoms with Gasteiger partial charge in [0.2, 0.25) is 0 Å². The second kappa shape index (κ2) is 6.86. The zero-order chi connectivity index (χ0) is 12.0. The highest BCUT2D eigenvalue weighted by molar-refractivity contribution is 6.31. The number of halogens is 1. The third-order valence-electron chi connectivity index (χ3n) is 2.35. The van der Waals surface area contributed by atoms with E-state index >= 15 is 0 Å². The smallest absolute Gasteiger partial charge is 0.0701 e. The van der Waals surface area contributed by atoms with E-state index in [1.165, 1.54) is 0 Å². The third-order valence-corrected chi connectivity index (χ3v) is 2.76. The Labute approximate surface area is 101 Å². The lowest BCUT2D eigenvalue weighted by Crippen LogP contribution is -2.18. The maximum Gasteiger partial charge on any atom is 0.0701 e. The van der Waals surface area contributed by atoms with Crippen LogP contribution in [-0.2, 0) is 9.47 Å². The van der Waals surface area contributed by atoms with E-state index in [-0.39, 0.29) is 6.04 Å². The van der Waals surface area contributed by atoms with Crippen LogP contribution in [0.15, 0.2) is 18.2 Å². The third kappa shape index (κ3) is 4.10. The first kappa shape index (κ1) is 13.5. The van der Waals surface area contributed by atoms with Crippen LogP contribution < -0.4 is 5.73 Å². The van der Waals surface area contributed by atoms with Crippen molar-refractivity contribution >= 4 is 11.6 Å². The Balaban J connectivity index is 2.46. The van der Waals surface area contributed by atoms with Crippen LogP contribution in [0.4, 0.5) is 0 Å². The molecule has 90 valence electrons. The van der Waals surface area contributed by atoms with Crippen molar-refractivity contribution in [1.82, 2.24) is 0 Å². The standard InChI is InChI=1S/C12H18ClNO2/c1-9-3-4-10(7-11(9)13)12(14)8-16-6-5-15-2/h3-4,7,12H,5-6,8,14H2,1-2H3. The minimum absolute atomic E-state index is 0.144. The number of benzene rings is 1. The van der Waals surface area contributed by atoms with E-state index in [9.17, 15) is 0 Å².